The van der Waals surface area contributed by atoms with Crippen molar-refractivity contribution in [3.63, 3.8) is 0 Å². The van der Waals surface area contributed by atoms with Crippen LogP contribution in [0.15, 0.2) is 29.4 Å². The van der Waals surface area contributed by atoms with Crippen LogP contribution in [0.4, 0.5) is 5.69 Å². The van der Waals surface area contributed by atoms with E-state index in [1.807, 2.05) is 13.8 Å². The van der Waals surface area contributed by atoms with Gasteiger partial charge >= 0.3 is 0 Å². The molecular formula is C12H13N5O2S. The van der Waals surface area contributed by atoms with Crippen LogP contribution in [-0.2, 0) is 0 Å². The van der Waals surface area contributed by atoms with E-state index in [0.717, 1.165) is 0 Å². The van der Waals surface area contributed by atoms with E-state index < -0.39 is 4.92 Å². The Labute approximate surface area is 120 Å². The molecule has 0 saturated heterocycles. The average molecular weight is 291 g/mol. The molecule has 2 aromatic rings. The number of aromatic amines is 1. The van der Waals surface area contributed by atoms with Crippen LogP contribution in [0, 0.1) is 14.9 Å². The molecule has 1 aromatic heterocycles. The van der Waals surface area contributed by atoms with Gasteiger partial charge in [-0.15, -0.1) is 0 Å². The normalized spacial score (nSPS) is 11.3. The Bertz CT molecular complexity index is 717. The summed E-state index contributed by atoms with van der Waals surface area (Å²) in [6, 6.07) is 6.22. The van der Waals surface area contributed by atoms with Crippen molar-refractivity contribution >= 4 is 24.1 Å². The van der Waals surface area contributed by atoms with Crippen molar-refractivity contribution in [2.24, 2.45) is 5.10 Å². The van der Waals surface area contributed by atoms with E-state index in [2.05, 4.69) is 15.3 Å². The third kappa shape index (κ3) is 2.97. The average Bonchev–Trinajstić information content (AvgIpc) is 2.78. The third-order valence-electron chi connectivity index (χ3n) is 2.60. The van der Waals surface area contributed by atoms with Crippen LogP contribution in [0.5, 0.6) is 0 Å². The number of nitro groups is 1. The van der Waals surface area contributed by atoms with Crippen molar-refractivity contribution in [3.05, 3.63) is 50.5 Å². The van der Waals surface area contributed by atoms with Gasteiger partial charge in [0, 0.05) is 23.6 Å². The fraction of sp³-hybridized carbons (Fsp3) is 0.250. The maximum atomic E-state index is 10.7. The molecule has 1 N–H and O–H groups in total. The minimum absolute atomic E-state index is 0.0221. The van der Waals surface area contributed by atoms with Crippen molar-refractivity contribution in [1.82, 2.24) is 14.9 Å². The van der Waals surface area contributed by atoms with E-state index in [1.54, 1.807) is 12.1 Å². The highest BCUT2D eigenvalue weighted by Crippen LogP contribution is 2.13. The second kappa shape index (κ2) is 5.74. The first-order chi connectivity index (χ1) is 9.49. The number of H-pyrrole nitrogens is 1. The molecule has 0 atom stereocenters. The molecule has 0 bridgehead atoms. The molecule has 0 radical (unpaired) electrons. The number of nitrogens with zero attached hydrogens (tertiary/aromatic N) is 4. The topological polar surface area (TPSA) is 89.1 Å². The fourth-order valence-corrected chi connectivity index (χ4v) is 1.82. The molecule has 7 nitrogen and oxygen atoms in total. The van der Waals surface area contributed by atoms with Crippen molar-refractivity contribution in [3.8, 4) is 0 Å². The second-order valence-electron chi connectivity index (χ2n) is 4.45. The van der Waals surface area contributed by atoms with Gasteiger partial charge < -0.3 is 0 Å². The maximum absolute atomic E-state index is 10.7. The highest BCUT2D eigenvalue weighted by atomic mass is 32.1. The second-order valence-corrected chi connectivity index (χ2v) is 4.84. The van der Waals surface area contributed by atoms with E-state index in [-0.39, 0.29) is 11.6 Å². The zero-order chi connectivity index (χ0) is 14.7. The molecule has 104 valence electrons. The number of non-ortho nitro benzene ring substituents is 1. The van der Waals surface area contributed by atoms with Gasteiger partial charge in [0.05, 0.1) is 11.1 Å². The van der Waals surface area contributed by atoms with Gasteiger partial charge in [-0.25, -0.2) is 0 Å². The number of hydrogen-bond donors (Lipinski definition) is 1. The molecule has 1 heterocycles. The largest absolute Gasteiger partial charge is 0.270 e. The molecule has 0 aliphatic heterocycles. The van der Waals surface area contributed by atoms with E-state index in [0.29, 0.717) is 16.2 Å². The van der Waals surface area contributed by atoms with Gasteiger partial charge in [0.2, 0.25) is 4.77 Å². The fourth-order valence-electron chi connectivity index (χ4n) is 1.63. The highest BCUT2D eigenvalue weighted by molar-refractivity contribution is 7.71. The highest BCUT2D eigenvalue weighted by Gasteiger charge is 2.09. The number of aromatic nitrogens is 3. The molecule has 20 heavy (non-hydrogen) atoms. The lowest BCUT2D eigenvalue weighted by atomic mass is 10.2. The first-order valence-corrected chi connectivity index (χ1v) is 6.36. The Balaban J connectivity index is 2.35. The number of nitro benzene ring substituents is 1. The molecule has 0 aliphatic carbocycles. The number of nitrogens with one attached hydrogen (secondary N) is 1. The van der Waals surface area contributed by atoms with Gasteiger partial charge in [0.1, 0.15) is 0 Å². The minimum atomic E-state index is -0.444. The van der Waals surface area contributed by atoms with E-state index >= 15 is 0 Å². The standard InChI is InChI=1S/C12H13N5O2S/c1-8(2)11-14-15-12(20)16(11)13-7-9-4-3-5-10(6-9)17(18)19/h3-8H,1-2H3,(H,15,20)/b13-7+. The summed E-state index contributed by atoms with van der Waals surface area (Å²) in [4.78, 5) is 10.3. The lowest BCUT2D eigenvalue weighted by Crippen LogP contribution is -2.01. The van der Waals surface area contributed by atoms with Crippen LogP contribution in [0.25, 0.3) is 0 Å². The van der Waals surface area contributed by atoms with Crippen LogP contribution in [0.1, 0.15) is 31.2 Å². The molecule has 0 saturated carbocycles. The molecular weight excluding hydrogens is 278 g/mol. The summed E-state index contributed by atoms with van der Waals surface area (Å²) >= 11 is 5.10. The number of benzene rings is 1. The minimum Gasteiger partial charge on any atom is -0.258 e. The summed E-state index contributed by atoms with van der Waals surface area (Å²) < 4.78 is 1.90. The smallest absolute Gasteiger partial charge is 0.258 e. The Morgan fingerprint density at radius 3 is 2.95 bits per heavy atom. The molecule has 0 fully saturated rings. The van der Waals surface area contributed by atoms with Crippen molar-refractivity contribution < 1.29 is 4.92 Å². The number of hydrogen-bond acceptors (Lipinski definition) is 5. The van der Waals surface area contributed by atoms with Crippen LogP contribution in [0.2, 0.25) is 0 Å². The molecule has 1 aromatic carbocycles. The molecule has 2 rings (SSSR count). The Hall–Kier alpha value is -2.35. The number of rotatable bonds is 4. The van der Waals surface area contributed by atoms with Gasteiger partial charge in [0.25, 0.3) is 5.69 Å². The molecule has 0 spiro atoms. The Morgan fingerprint density at radius 1 is 1.55 bits per heavy atom. The van der Waals surface area contributed by atoms with Crippen molar-refractivity contribution in [1.29, 1.82) is 0 Å². The van der Waals surface area contributed by atoms with Gasteiger partial charge in [-0.05, 0) is 12.2 Å². The summed E-state index contributed by atoms with van der Waals surface area (Å²) in [5, 5.41) is 21.7. The Morgan fingerprint density at radius 2 is 2.30 bits per heavy atom. The van der Waals surface area contributed by atoms with E-state index in [4.69, 9.17) is 12.2 Å². The summed E-state index contributed by atoms with van der Waals surface area (Å²) in [5.41, 5.74) is 0.644. The quantitative estimate of drug-likeness (QED) is 0.406. The molecule has 0 aliphatic rings. The third-order valence-corrected chi connectivity index (χ3v) is 2.86. The van der Waals surface area contributed by atoms with Crippen molar-refractivity contribution in [2.75, 3.05) is 0 Å². The van der Waals surface area contributed by atoms with Gasteiger partial charge in [-0.1, -0.05) is 26.0 Å². The predicted molar refractivity (Wildman–Crippen MR) is 77.6 cm³/mol. The van der Waals surface area contributed by atoms with Gasteiger partial charge in [0.15, 0.2) is 5.82 Å². The van der Waals surface area contributed by atoms with Crippen LogP contribution in [-0.4, -0.2) is 26.0 Å². The zero-order valence-electron chi connectivity index (χ0n) is 11.0. The first-order valence-electron chi connectivity index (χ1n) is 5.95. The van der Waals surface area contributed by atoms with E-state index in [9.17, 15) is 10.1 Å². The monoisotopic (exact) mass is 291 g/mol. The SMILES string of the molecule is CC(C)c1n[nH]c(=S)n1/N=C/c1cccc([N+](=O)[O-])c1. The van der Waals surface area contributed by atoms with Crippen LogP contribution >= 0.6 is 12.2 Å². The van der Waals surface area contributed by atoms with Crippen molar-refractivity contribution in [2.45, 2.75) is 19.8 Å². The summed E-state index contributed by atoms with van der Waals surface area (Å²) in [6.45, 7) is 3.95. The summed E-state index contributed by atoms with van der Waals surface area (Å²) in [7, 11) is 0. The Kier molecular flexibility index (Phi) is 4.04. The maximum Gasteiger partial charge on any atom is 0.270 e. The lowest BCUT2D eigenvalue weighted by Gasteiger charge is -2.02. The van der Waals surface area contributed by atoms with Crippen LogP contribution in [0.3, 0.4) is 0 Å². The molecule has 0 unspecified atom stereocenters. The van der Waals surface area contributed by atoms with E-state index in [1.165, 1.54) is 23.0 Å². The summed E-state index contributed by atoms with van der Waals surface area (Å²) in [5.74, 6) is 0.863. The van der Waals surface area contributed by atoms with Gasteiger partial charge in [-0.2, -0.15) is 14.9 Å². The zero-order valence-corrected chi connectivity index (χ0v) is 11.8. The lowest BCUT2D eigenvalue weighted by molar-refractivity contribution is -0.384. The first kappa shape index (κ1) is 14.1. The van der Waals surface area contributed by atoms with Gasteiger partial charge in [-0.3, -0.25) is 15.2 Å². The molecule has 0 amide bonds. The summed E-state index contributed by atoms with van der Waals surface area (Å²) in [6.07, 6.45) is 1.52. The van der Waals surface area contributed by atoms with Crippen LogP contribution < -0.4 is 0 Å². The molecule has 8 heteroatoms. The predicted octanol–water partition coefficient (Wildman–Crippen LogP) is 2.85.